The number of benzene rings is 2. The first-order valence-electron chi connectivity index (χ1n) is 10.3. The van der Waals surface area contributed by atoms with Crippen LogP contribution in [0, 0.1) is 0 Å². The van der Waals surface area contributed by atoms with Crippen LogP contribution in [0.4, 0.5) is 8.78 Å². The molecule has 1 atom stereocenters. The lowest BCUT2D eigenvalue weighted by atomic mass is 9.94. The average Bonchev–Trinajstić information content (AvgIpc) is 3.34. The molecule has 0 saturated carbocycles. The summed E-state index contributed by atoms with van der Waals surface area (Å²) in [6, 6.07) is 13.7. The van der Waals surface area contributed by atoms with Gasteiger partial charge in [0.1, 0.15) is 17.5 Å². The van der Waals surface area contributed by atoms with Crippen molar-refractivity contribution in [3.63, 3.8) is 0 Å². The molecule has 4 rings (SSSR count). The third kappa shape index (κ3) is 4.67. The second-order valence-corrected chi connectivity index (χ2v) is 9.92. The van der Waals surface area contributed by atoms with E-state index in [1.807, 2.05) is 6.07 Å². The molecule has 0 radical (unpaired) electrons. The zero-order chi connectivity index (χ0) is 23.8. The van der Waals surface area contributed by atoms with E-state index in [1.165, 1.54) is 35.5 Å². The van der Waals surface area contributed by atoms with Gasteiger partial charge in [-0.1, -0.05) is 30.3 Å². The Balaban J connectivity index is 1.43. The SMILES string of the molecule is CC(=O)[C@@H](C(=O)N1CC2=C(C1)CN(S(=O)(=O)c1ccc(OC(F)F)cc1)C2)c1ccccc1. The van der Waals surface area contributed by atoms with Gasteiger partial charge < -0.3 is 9.64 Å². The summed E-state index contributed by atoms with van der Waals surface area (Å²) in [5, 5.41) is 0. The standard InChI is InChI=1S/C23H22F2N2O5S/c1-15(28)21(16-5-3-2-4-6-16)22(29)26-11-17-13-27(14-18(17)12-26)33(30,31)20-9-7-19(8-10-20)32-23(24)25/h2-10,21,23H,11-14H2,1H3/t21-/m1/s1. The minimum absolute atomic E-state index is 0.0288. The number of ether oxygens (including phenoxy) is 1. The van der Waals surface area contributed by atoms with Gasteiger partial charge in [0.05, 0.1) is 4.90 Å². The number of carbonyl (C=O) groups is 2. The molecule has 2 aromatic rings. The molecule has 2 aromatic carbocycles. The number of amides is 1. The summed E-state index contributed by atoms with van der Waals surface area (Å²) in [5.74, 6) is -1.56. The van der Waals surface area contributed by atoms with Crippen molar-refractivity contribution >= 4 is 21.7 Å². The molecule has 174 valence electrons. The van der Waals surface area contributed by atoms with Crippen LogP contribution in [0.5, 0.6) is 5.75 Å². The van der Waals surface area contributed by atoms with Gasteiger partial charge in [0.15, 0.2) is 0 Å². The van der Waals surface area contributed by atoms with E-state index in [4.69, 9.17) is 0 Å². The zero-order valence-corrected chi connectivity index (χ0v) is 18.6. The highest BCUT2D eigenvalue weighted by atomic mass is 32.2. The van der Waals surface area contributed by atoms with Crippen LogP contribution in [-0.2, 0) is 19.6 Å². The maximum absolute atomic E-state index is 13.1. The van der Waals surface area contributed by atoms with E-state index in [0.717, 1.165) is 11.1 Å². The third-order valence-corrected chi connectivity index (χ3v) is 7.59. The Morgan fingerprint density at radius 3 is 2.00 bits per heavy atom. The molecular weight excluding hydrogens is 454 g/mol. The van der Waals surface area contributed by atoms with Crippen molar-refractivity contribution in [3.8, 4) is 5.75 Å². The van der Waals surface area contributed by atoms with Gasteiger partial charge in [-0.15, -0.1) is 0 Å². The molecule has 0 unspecified atom stereocenters. The normalized spacial score (nSPS) is 17.4. The second-order valence-electron chi connectivity index (χ2n) is 7.98. The fourth-order valence-corrected chi connectivity index (χ4v) is 5.62. The number of nitrogens with zero attached hydrogens (tertiary/aromatic N) is 2. The highest BCUT2D eigenvalue weighted by molar-refractivity contribution is 7.89. The number of hydrogen-bond acceptors (Lipinski definition) is 5. The molecule has 0 bridgehead atoms. The number of sulfonamides is 1. The number of rotatable bonds is 7. The quantitative estimate of drug-likeness (QED) is 0.453. The minimum Gasteiger partial charge on any atom is -0.435 e. The van der Waals surface area contributed by atoms with Crippen LogP contribution < -0.4 is 4.74 Å². The number of Topliss-reactive ketones (excluding diaryl/α,β-unsaturated/α-hetero) is 1. The van der Waals surface area contributed by atoms with Crippen LogP contribution >= 0.6 is 0 Å². The molecule has 0 spiro atoms. The Morgan fingerprint density at radius 2 is 1.48 bits per heavy atom. The van der Waals surface area contributed by atoms with Crippen molar-refractivity contribution in [1.29, 1.82) is 0 Å². The number of ketones is 1. The second kappa shape index (κ2) is 9.03. The van der Waals surface area contributed by atoms with E-state index >= 15 is 0 Å². The van der Waals surface area contributed by atoms with Crippen molar-refractivity contribution in [3.05, 3.63) is 71.3 Å². The highest BCUT2D eigenvalue weighted by Gasteiger charge is 2.40. The topological polar surface area (TPSA) is 84.0 Å². The van der Waals surface area contributed by atoms with Crippen LogP contribution in [0.2, 0.25) is 0 Å². The predicted molar refractivity (Wildman–Crippen MR) is 115 cm³/mol. The Morgan fingerprint density at radius 1 is 0.909 bits per heavy atom. The lowest BCUT2D eigenvalue weighted by Gasteiger charge is -2.25. The Hall–Kier alpha value is -3.11. The molecule has 0 aromatic heterocycles. The van der Waals surface area contributed by atoms with Gasteiger partial charge in [0, 0.05) is 26.2 Å². The van der Waals surface area contributed by atoms with Crippen LogP contribution in [0.3, 0.4) is 0 Å². The van der Waals surface area contributed by atoms with E-state index in [-0.39, 0.29) is 48.5 Å². The molecule has 1 amide bonds. The molecule has 0 fully saturated rings. The third-order valence-electron chi connectivity index (χ3n) is 5.78. The Kier molecular flexibility index (Phi) is 6.31. The maximum atomic E-state index is 13.1. The number of alkyl halides is 2. The first kappa shape index (κ1) is 23.1. The molecule has 10 heteroatoms. The van der Waals surface area contributed by atoms with E-state index in [2.05, 4.69) is 4.74 Å². The van der Waals surface area contributed by atoms with Crippen molar-refractivity contribution in [1.82, 2.24) is 9.21 Å². The Bertz CT molecular complexity index is 1180. The van der Waals surface area contributed by atoms with Crippen molar-refractivity contribution in [2.24, 2.45) is 0 Å². The molecular formula is C23H22F2N2O5S. The fraction of sp³-hybridized carbons (Fsp3) is 0.304. The highest BCUT2D eigenvalue weighted by Crippen LogP contribution is 2.32. The average molecular weight is 477 g/mol. The lowest BCUT2D eigenvalue weighted by molar-refractivity contribution is -0.136. The first-order chi connectivity index (χ1) is 15.7. The molecule has 2 heterocycles. The molecule has 2 aliphatic rings. The number of halogens is 2. The van der Waals surface area contributed by atoms with Gasteiger partial charge in [-0.05, 0) is 47.9 Å². The maximum Gasteiger partial charge on any atom is 0.387 e. The monoisotopic (exact) mass is 476 g/mol. The number of carbonyl (C=O) groups excluding carboxylic acids is 2. The molecule has 33 heavy (non-hydrogen) atoms. The summed E-state index contributed by atoms with van der Waals surface area (Å²) < 4.78 is 56.1. The molecule has 0 aliphatic carbocycles. The smallest absolute Gasteiger partial charge is 0.387 e. The van der Waals surface area contributed by atoms with E-state index in [0.29, 0.717) is 5.56 Å². The fourth-order valence-electron chi connectivity index (χ4n) is 4.19. The molecule has 0 saturated heterocycles. The zero-order valence-electron chi connectivity index (χ0n) is 17.8. The number of hydrogen-bond donors (Lipinski definition) is 0. The van der Waals surface area contributed by atoms with Crippen molar-refractivity contribution in [2.75, 3.05) is 26.2 Å². The summed E-state index contributed by atoms with van der Waals surface area (Å²) in [6.45, 7) is -0.817. The van der Waals surface area contributed by atoms with Gasteiger partial charge in [-0.25, -0.2) is 8.42 Å². The summed E-state index contributed by atoms with van der Waals surface area (Å²) in [6.07, 6.45) is 0. The van der Waals surface area contributed by atoms with Crippen molar-refractivity contribution < 1.29 is 31.5 Å². The molecule has 2 aliphatic heterocycles. The van der Waals surface area contributed by atoms with Crippen LogP contribution in [0.1, 0.15) is 18.4 Å². The minimum atomic E-state index is -3.85. The van der Waals surface area contributed by atoms with Crippen LogP contribution in [0.15, 0.2) is 70.6 Å². The van der Waals surface area contributed by atoms with Crippen LogP contribution in [0.25, 0.3) is 0 Å². The van der Waals surface area contributed by atoms with E-state index < -0.39 is 22.6 Å². The van der Waals surface area contributed by atoms with Gasteiger partial charge in [-0.3, -0.25) is 9.59 Å². The molecule has 0 N–H and O–H groups in total. The van der Waals surface area contributed by atoms with Crippen molar-refractivity contribution in [2.45, 2.75) is 24.3 Å². The van der Waals surface area contributed by atoms with E-state index in [1.54, 1.807) is 29.2 Å². The van der Waals surface area contributed by atoms with Gasteiger partial charge in [-0.2, -0.15) is 13.1 Å². The summed E-state index contributed by atoms with van der Waals surface area (Å²) in [5.41, 5.74) is 2.30. The lowest BCUT2D eigenvalue weighted by Crippen LogP contribution is -2.39. The largest absolute Gasteiger partial charge is 0.435 e. The van der Waals surface area contributed by atoms with E-state index in [9.17, 15) is 26.8 Å². The summed E-state index contributed by atoms with van der Waals surface area (Å²) >= 11 is 0. The molecule has 7 nitrogen and oxygen atoms in total. The summed E-state index contributed by atoms with van der Waals surface area (Å²) in [7, 11) is -3.85. The van der Waals surface area contributed by atoms with Gasteiger partial charge in [0.25, 0.3) is 0 Å². The Labute approximate surface area is 190 Å². The van der Waals surface area contributed by atoms with Gasteiger partial charge >= 0.3 is 6.61 Å². The van der Waals surface area contributed by atoms with Gasteiger partial charge in [0.2, 0.25) is 15.9 Å². The predicted octanol–water partition coefficient (Wildman–Crippen LogP) is 2.80. The van der Waals surface area contributed by atoms with Crippen LogP contribution in [-0.4, -0.2) is 62.1 Å². The first-order valence-corrected chi connectivity index (χ1v) is 11.7. The summed E-state index contributed by atoms with van der Waals surface area (Å²) in [4.78, 5) is 26.9.